The topological polar surface area (TPSA) is 9.72 Å². The molecule has 11 aromatic carbocycles. The summed E-state index contributed by atoms with van der Waals surface area (Å²) in [7, 11) is 0. The fourth-order valence-electron chi connectivity index (χ4n) is 10.4. The second-order valence-corrected chi connectivity index (χ2v) is 21.4. The summed E-state index contributed by atoms with van der Waals surface area (Å²) in [6, 6.07) is 95.4. The summed E-state index contributed by atoms with van der Waals surface area (Å²) in [4.78, 5) is 7.20. The Balaban J connectivity index is 0.897. The lowest BCUT2D eigenvalue weighted by molar-refractivity contribution is 1.25. The highest BCUT2D eigenvalue weighted by atomic mass is 32.1. The lowest BCUT2D eigenvalue weighted by Crippen LogP contribution is -2.13. The molecule has 3 nitrogen and oxygen atoms in total. The predicted molar refractivity (Wildman–Crippen MR) is 315 cm³/mol. The molecule has 0 amide bonds. The first-order valence-electron chi connectivity index (χ1n) is 24.2. The quantitative estimate of drug-likeness (QED) is 0.135. The number of para-hydroxylation sites is 2. The van der Waals surface area contributed by atoms with Crippen molar-refractivity contribution in [3.8, 4) is 11.1 Å². The Morgan fingerprint density at radius 2 is 0.500 bits per heavy atom. The minimum atomic E-state index is 1.07. The van der Waals surface area contributed by atoms with Gasteiger partial charge in [-0.15, -0.1) is 34.0 Å². The Morgan fingerprint density at radius 1 is 0.181 bits per heavy atom. The zero-order valence-corrected chi connectivity index (χ0v) is 41.3. The van der Waals surface area contributed by atoms with Crippen molar-refractivity contribution < 1.29 is 0 Å². The van der Waals surface area contributed by atoms with Crippen LogP contribution in [0.2, 0.25) is 0 Å². The van der Waals surface area contributed by atoms with Gasteiger partial charge in [-0.1, -0.05) is 127 Å². The normalized spacial score (nSPS) is 11.6. The van der Waals surface area contributed by atoms with Crippen LogP contribution in [-0.4, -0.2) is 0 Å². The van der Waals surface area contributed by atoms with Gasteiger partial charge >= 0.3 is 0 Å². The molecule has 0 saturated carbocycles. The molecule has 3 aromatic heterocycles. The van der Waals surface area contributed by atoms with Crippen molar-refractivity contribution >= 4 is 146 Å². The van der Waals surface area contributed by atoms with Gasteiger partial charge in [0.2, 0.25) is 0 Å². The molecule has 340 valence electrons. The molecule has 0 aliphatic rings. The van der Waals surface area contributed by atoms with Crippen LogP contribution in [0.1, 0.15) is 0 Å². The zero-order chi connectivity index (χ0) is 47.5. The van der Waals surface area contributed by atoms with Gasteiger partial charge in [-0.25, -0.2) is 0 Å². The van der Waals surface area contributed by atoms with Gasteiger partial charge in [0.1, 0.15) is 0 Å². The van der Waals surface area contributed by atoms with E-state index in [-0.39, 0.29) is 0 Å². The largest absolute Gasteiger partial charge is 0.310 e. The molecule has 6 heteroatoms. The zero-order valence-electron chi connectivity index (χ0n) is 38.9. The maximum Gasteiger partial charge on any atom is 0.0482 e. The summed E-state index contributed by atoms with van der Waals surface area (Å²) >= 11 is 5.56. The molecule has 72 heavy (non-hydrogen) atoms. The van der Waals surface area contributed by atoms with E-state index in [4.69, 9.17) is 0 Å². The highest BCUT2D eigenvalue weighted by Crippen LogP contribution is 2.47. The minimum Gasteiger partial charge on any atom is -0.310 e. The highest BCUT2D eigenvalue weighted by Gasteiger charge is 2.21. The Hall–Kier alpha value is -8.52. The van der Waals surface area contributed by atoms with Crippen LogP contribution < -0.4 is 14.7 Å². The molecule has 0 radical (unpaired) electrons. The van der Waals surface area contributed by atoms with E-state index in [1.54, 1.807) is 0 Å². The van der Waals surface area contributed by atoms with E-state index in [1.807, 2.05) is 34.0 Å². The third-order valence-corrected chi connectivity index (χ3v) is 17.2. The molecule has 3 heterocycles. The fraction of sp³-hybridized carbons (Fsp3) is 0. The number of thiophene rings is 3. The molecule has 0 atom stereocenters. The summed E-state index contributed by atoms with van der Waals surface area (Å²) in [5.74, 6) is 0. The molecule has 0 aliphatic heterocycles. The summed E-state index contributed by atoms with van der Waals surface area (Å²) in [5, 5.41) is 7.63. The number of anilines is 9. The number of hydrogen-bond acceptors (Lipinski definition) is 6. The molecule has 0 bridgehead atoms. The Bertz CT molecular complexity index is 4290. The lowest BCUT2D eigenvalue weighted by Gasteiger charge is -2.29. The number of rotatable bonds is 10. The van der Waals surface area contributed by atoms with E-state index in [0.717, 1.165) is 51.2 Å². The number of hydrogen-bond donors (Lipinski definition) is 0. The van der Waals surface area contributed by atoms with Gasteiger partial charge in [0, 0.05) is 112 Å². The smallest absolute Gasteiger partial charge is 0.0482 e. The van der Waals surface area contributed by atoms with Gasteiger partial charge in [-0.05, 0) is 145 Å². The van der Waals surface area contributed by atoms with Gasteiger partial charge in [0.15, 0.2) is 0 Å². The van der Waals surface area contributed by atoms with E-state index in [0.29, 0.717) is 0 Å². The molecule has 14 rings (SSSR count). The summed E-state index contributed by atoms with van der Waals surface area (Å²) in [6.45, 7) is 0. The van der Waals surface area contributed by atoms with Crippen LogP contribution in [0.25, 0.3) is 71.6 Å². The lowest BCUT2D eigenvalue weighted by atomic mass is 10.0. The third kappa shape index (κ3) is 7.47. The molecular weight excluding hydrogens is 931 g/mol. The van der Waals surface area contributed by atoms with Crippen molar-refractivity contribution in [1.82, 2.24) is 0 Å². The third-order valence-electron chi connectivity index (χ3n) is 13.8. The number of fused-ring (bicyclic) bond motifs is 9. The Kier molecular flexibility index (Phi) is 10.4. The van der Waals surface area contributed by atoms with E-state index < -0.39 is 0 Å². The molecule has 0 spiro atoms. The van der Waals surface area contributed by atoms with Crippen LogP contribution in [0.15, 0.2) is 261 Å². The van der Waals surface area contributed by atoms with Crippen molar-refractivity contribution in [2.45, 2.75) is 0 Å². The first-order chi connectivity index (χ1) is 35.7. The molecular formula is C66H43N3S3. The molecule has 0 unspecified atom stereocenters. The van der Waals surface area contributed by atoms with Crippen LogP contribution >= 0.6 is 34.0 Å². The highest BCUT2D eigenvalue weighted by molar-refractivity contribution is 7.26. The van der Waals surface area contributed by atoms with Gasteiger partial charge in [-0.2, -0.15) is 0 Å². The van der Waals surface area contributed by atoms with Crippen molar-refractivity contribution in [2.75, 3.05) is 14.7 Å². The molecule has 0 saturated heterocycles. The van der Waals surface area contributed by atoms with Crippen LogP contribution in [0.3, 0.4) is 0 Å². The summed E-state index contributed by atoms with van der Waals surface area (Å²) in [6.07, 6.45) is 0. The summed E-state index contributed by atoms with van der Waals surface area (Å²) in [5.41, 5.74) is 12.3. The van der Waals surface area contributed by atoms with Crippen molar-refractivity contribution in [3.05, 3.63) is 261 Å². The Labute approximate surface area is 429 Å². The van der Waals surface area contributed by atoms with E-state index in [2.05, 4.69) is 276 Å². The average Bonchev–Trinajstić information content (AvgIpc) is 4.13. The monoisotopic (exact) mass is 973 g/mol. The first kappa shape index (κ1) is 42.4. The maximum absolute atomic E-state index is 2.41. The van der Waals surface area contributed by atoms with E-state index in [9.17, 15) is 0 Å². The Morgan fingerprint density at radius 3 is 1.00 bits per heavy atom. The fourth-order valence-corrected chi connectivity index (χ4v) is 13.7. The van der Waals surface area contributed by atoms with Crippen molar-refractivity contribution in [3.63, 3.8) is 0 Å². The maximum atomic E-state index is 2.41. The van der Waals surface area contributed by atoms with Gasteiger partial charge in [-0.3, -0.25) is 0 Å². The minimum absolute atomic E-state index is 1.07. The number of nitrogens with zero attached hydrogens (tertiary/aromatic N) is 3. The number of benzene rings is 11. The van der Waals surface area contributed by atoms with Gasteiger partial charge in [0.25, 0.3) is 0 Å². The first-order valence-corrected chi connectivity index (χ1v) is 26.7. The molecule has 0 N–H and O–H groups in total. The van der Waals surface area contributed by atoms with Crippen LogP contribution in [-0.2, 0) is 0 Å². The molecule has 0 fully saturated rings. The average molecular weight is 974 g/mol. The van der Waals surface area contributed by atoms with E-state index >= 15 is 0 Å². The van der Waals surface area contributed by atoms with Gasteiger partial charge < -0.3 is 14.7 Å². The molecule has 14 aromatic rings. The predicted octanol–water partition coefficient (Wildman–Crippen LogP) is 20.9. The summed E-state index contributed by atoms with van der Waals surface area (Å²) < 4.78 is 7.71. The van der Waals surface area contributed by atoms with Crippen molar-refractivity contribution in [2.24, 2.45) is 0 Å². The van der Waals surface area contributed by atoms with Crippen LogP contribution in [0.4, 0.5) is 51.2 Å². The second-order valence-electron chi connectivity index (χ2n) is 18.1. The van der Waals surface area contributed by atoms with Crippen LogP contribution in [0.5, 0.6) is 0 Å². The van der Waals surface area contributed by atoms with Crippen LogP contribution in [0, 0.1) is 0 Å². The SMILES string of the molecule is c1ccc(-c2ccc(N(c3cccc(N(c4ccccc4)c4ccc5sc6ccccc6c5c4)c3)c3ccc4sc5cc(N(c6ccccc6)c6ccc7sc8ccccc8c7c6)ccc5c4c3)cc2)cc1. The van der Waals surface area contributed by atoms with Crippen molar-refractivity contribution in [1.29, 1.82) is 0 Å². The standard InChI is InChI=1S/C66H43N3S3/c1-4-15-44(16-5-1)45-27-29-48(30-28-45)69(50-22-14-21-49(39-50)67(46-17-6-2-7-18-46)51-32-36-63-58(40-51)55-23-10-12-25-61(55)70-63)53-34-38-65-60(42-53)57-35-31-54(43-66(57)72-65)68(47-19-8-3-9-20-47)52-33-37-64-59(41-52)56-24-11-13-26-62(56)71-64/h1-43H. The van der Waals surface area contributed by atoms with E-state index in [1.165, 1.54) is 71.6 Å². The second kappa shape index (κ2) is 17.7. The molecule has 0 aliphatic carbocycles. The van der Waals surface area contributed by atoms with Gasteiger partial charge in [0.05, 0.1) is 0 Å².